The maximum absolute atomic E-state index is 13.0. The normalized spacial score (nSPS) is 23.1. The highest BCUT2D eigenvalue weighted by Crippen LogP contribution is 2.34. The lowest BCUT2D eigenvalue weighted by Gasteiger charge is -2.33. The standard InChI is InChI=1S/C25H28BN3O5/c26-22-15-33-11-10-28(22)12-16-4-6-17(7-5-16)14-34-21-3-1-2-18-19(21)13-29(25(18)32)20-8-9-23(30)27-24(20)31/h1-7,20,22H,8-15,26H2,(H,27,30,31). The summed E-state index contributed by atoms with van der Waals surface area (Å²) in [4.78, 5) is 40.7. The lowest BCUT2D eigenvalue weighted by molar-refractivity contribution is -0.136. The van der Waals surface area contributed by atoms with Gasteiger partial charge in [0.1, 0.15) is 26.2 Å². The van der Waals surface area contributed by atoms with Crippen LogP contribution in [0, 0.1) is 0 Å². The van der Waals surface area contributed by atoms with Crippen molar-refractivity contribution in [1.29, 1.82) is 0 Å². The van der Waals surface area contributed by atoms with Crippen LogP contribution in [0.1, 0.15) is 39.9 Å². The second-order valence-corrected chi connectivity index (χ2v) is 9.18. The van der Waals surface area contributed by atoms with Crippen molar-refractivity contribution < 1.29 is 23.9 Å². The Bertz CT molecular complexity index is 1110. The van der Waals surface area contributed by atoms with E-state index >= 15 is 0 Å². The molecule has 3 heterocycles. The number of ether oxygens (including phenoxy) is 2. The van der Waals surface area contributed by atoms with Gasteiger partial charge in [-0.1, -0.05) is 30.3 Å². The van der Waals surface area contributed by atoms with Gasteiger partial charge in [0.25, 0.3) is 5.91 Å². The van der Waals surface area contributed by atoms with E-state index in [0.29, 0.717) is 36.8 Å². The lowest BCUT2D eigenvalue weighted by atomic mass is 9.94. The van der Waals surface area contributed by atoms with Crippen molar-refractivity contribution in [3.05, 3.63) is 64.7 Å². The molecule has 2 aromatic rings. The van der Waals surface area contributed by atoms with Gasteiger partial charge in [-0.25, -0.2) is 0 Å². The predicted molar refractivity (Wildman–Crippen MR) is 127 cm³/mol. The molecular weight excluding hydrogens is 433 g/mol. The van der Waals surface area contributed by atoms with Gasteiger partial charge in [-0.05, 0) is 29.7 Å². The molecule has 5 rings (SSSR count). The van der Waals surface area contributed by atoms with Gasteiger partial charge in [0, 0.05) is 36.6 Å². The smallest absolute Gasteiger partial charge is 0.255 e. The largest absolute Gasteiger partial charge is 0.489 e. The summed E-state index contributed by atoms with van der Waals surface area (Å²) in [6.07, 6.45) is 0.580. The van der Waals surface area contributed by atoms with Gasteiger partial charge in [-0.2, -0.15) is 0 Å². The van der Waals surface area contributed by atoms with E-state index in [1.807, 2.05) is 6.07 Å². The van der Waals surface area contributed by atoms with E-state index in [-0.39, 0.29) is 18.2 Å². The number of nitrogens with one attached hydrogen (secondary N) is 1. The van der Waals surface area contributed by atoms with Crippen LogP contribution in [0.5, 0.6) is 5.75 Å². The van der Waals surface area contributed by atoms with Crippen molar-refractivity contribution in [1.82, 2.24) is 15.1 Å². The predicted octanol–water partition coefficient (Wildman–Crippen LogP) is 0.818. The first-order chi connectivity index (χ1) is 16.5. The summed E-state index contributed by atoms with van der Waals surface area (Å²) in [5, 5.41) is 2.34. The average molecular weight is 461 g/mol. The molecule has 9 heteroatoms. The Morgan fingerprint density at radius 2 is 1.88 bits per heavy atom. The number of rotatable bonds is 6. The number of piperidine rings is 1. The number of carbonyl (C=O) groups excluding carboxylic acids is 3. The van der Waals surface area contributed by atoms with Gasteiger partial charge < -0.3 is 14.4 Å². The molecule has 0 bridgehead atoms. The molecule has 176 valence electrons. The number of imide groups is 1. The number of amides is 3. The van der Waals surface area contributed by atoms with E-state index < -0.39 is 11.9 Å². The Labute approximate surface area is 199 Å². The Balaban J connectivity index is 1.23. The first-order valence-corrected chi connectivity index (χ1v) is 11.8. The van der Waals surface area contributed by atoms with Crippen LogP contribution in [0.3, 0.4) is 0 Å². The van der Waals surface area contributed by atoms with E-state index in [1.165, 1.54) is 5.56 Å². The van der Waals surface area contributed by atoms with Crippen LogP contribution in [-0.2, 0) is 34.0 Å². The second-order valence-electron chi connectivity index (χ2n) is 9.18. The summed E-state index contributed by atoms with van der Waals surface area (Å²) in [6, 6.07) is 13.2. The highest BCUT2D eigenvalue weighted by Gasteiger charge is 2.40. The number of hydrogen-bond acceptors (Lipinski definition) is 6. The fraction of sp³-hybridized carbons (Fsp3) is 0.400. The molecule has 2 aromatic carbocycles. The van der Waals surface area contributed by atoms with Crippen LogP contribution in [0.25, 0.3) is 0 Å². The Kier molecular flexibility index (Phi) is 6.39. The highest BCUT2D eigenvalue weighted by molar-refractivity contribution is 6.11. The third-order valence-corrected chi connectivity index (χ3v) is 6.85. The number of morpholine rings is 1. The summed E-state index contributed by atoms with van der Waals surface area (Å²) in [5.41, 5.74) is 3.64. The summed E-state index contributed by atoms with van der Waals surface area (Å²) >= 11 is 0. The number of nitrogens with zero attached hydrogens (tertiary/aromatic N) is 2. The van der Waals surface area contributed by atoms with E-state index in [2.05, 4.69) is 42.3 Å². The summed E-state index contributed by atoms with van der Waals surface area (Å²) < 4.78 is 11.6. The summed E-state index contributed by atoms with van der Waals surface area (Å²) in [7, 11) is 2.19. The number of fused-ring (bicyclic) bond motifs is 1. The van der Waals surface area contributed by atoms with E-state index in [9.17, 15) is 14.4 Å². The minimum Gasteiger partial charge on any atom is -0.489 e. The first-order valence-electron chi connectivity index (χ1n) is 11.8. The van der Waals surface area contributed by atoms with Gasteiger partial charge >= 0.3 is 0 Å². The van der Waals surface area contributed by atoms with Crippen LogP contribution in [0.2, 0.25) is 0 Å². The van der Waals surface area contributed by atoms with E-state index in [1.54, 1.807) is 17.0 Å². The SMILES string of the molecule is BC1COCCN1Cc1ccc(COc2cccc3c2CN(C2CCC(=O)NC2=O)C3=O)cc1. The third kappa shape index (κ3) is 4.58. The minimum absolute atomic E-state index is 0.198. The monoisotopic (exact) mass is 461 g/mol. The molecule has 0 aliphatic carbocycles. The quantitative estimate of drug-likeness (QED) is 0.507. The third-order valence-electron chi connectivity index (χ3n) is 6.85. The zero-order valence-electron chi connectivity index (χ0n) is 19.3. The van der Waals surface area contributed by atoms with Gasteiger partial charge in [-0.3, -0.25) is 24.6 Å². The molecule has 0 aromatic heterocycles. The average Bonchev–Trinajstić information content (AvgIpc) is 3.17. The van der Waals surface area contributed by atoms with Crippen LogP contribution < -0.4 is 10.1 Å². The zero-order chi connectivity index (χ0) is 23.7. The fourth-order valence-electron chi connectivity index (χ4n) is 4.83. The molecule has 1 N–H and O–H groups in total. The lowest BCUT2D eigenvalue weighted by Crippen LogP contribution is -2.52. The molecular formula is C25H28BN3O5. The van der Waals surface area contributed by atoms with Gasteiger partial charge in [0.05, 0.1) is 19.8 Å². The van der Waals surface area contributed by atoms with Crippen molar-refractivity contribution >= 4 is 25.6 Å². The van der Waals surface area contributed by atoms with Crippen molar-refractivity contribution in [2.75, 3.05) is 19.8 Å². The van der Waals surface area contributed by atoms with Crippen LogP contribution in [0.4, 0.5) is 0 Å². The molecule has 3 aliphatic rings. The van der Waals surface area contributed by atoms with Crippen LogP contribution in [0.15, 0.2) is 42.5 Å². The molecule has 34 heavy (non-hydrogen) atoms. The van der Waals surface area contributed by atoms with Crippen molar-refractivity contribution in [2.45, 2.75) is 44.5 Å². The zero-order valence-corrected chi connectivity index (χ0v) is 19.3. The fourth-order valence-corrected chi connectivity index (χ4v) is 4.83. The summed E-state index contributed by atoms with van der Waals surface area (Å²) in [6.45, 7) is 4.08. The summed E-state index contributed by atoms with van der Waals surface area (Å²) in [5.74, 6) is 0.161. The van der Waals surface area contributed by atoms with Gasteiger partial charge in [0.15, 0.2) is 0 Å². The van der Waals surface area contributed by atoms with Crippen LogP contribution >= 0.6 is 0 Å². The molecule has 0 spiro atoms. The van der Waals surface area contributed by atoms with Gasteiger partial charge in [-0.15, -0.1) is 0 Å². The Morgan fingerprint density at radius 1 is 1.09 bits per heavy atom. The Morgan fingerprint density at radius 3 is 2.65 bits per heavy atom. The molecule has 2 unspecified atom stereocenters. The van der Waals surface area contributed by atoms with E-state index in [0.717, 1.165) is 37.4 Å². The second kappa shape index (κ2) is 9.60. The Hall–Kier alpha value is -3.17. The molecule has 3 aliphatic heterocycles. The molecule has 0 radical (unpaired) electrons. The van der Waals surface area contributed by atoms with Crippen molar-refractivity contribution in [2.24, 2.45) is 0 Å². The molecule has 8 nitrogen and oxygen atoms in total. The number of benzene rings is 2. The van der Waals surface area contributed by atoms with Crippen LogP contribution in [-0.4, -0.2) is 67.1 Å². The maximum atomic E-state index is 13.0. The number of carbonyl (C=O) groups is 3. The molecule has 2 saturated heterocycles. The topological polar surface area (TPSA) is 88.2 Å². The minimum atomic E-state index is -0.632. The van der Waals surface area contributed by atoms with Gasteiger partial charge in [0.2, 0.25) is 11.8 Å². The molecule has 2 fully saturated rings. The first kappa shape index (κ1) is 22.6. The molecule has 2 atom stereocenters. The maximum Gasteiger partial charge on any atom is 0.255 e. The highest BCUT2D eigenvalue weighted by atomic mass is 16.5. The van der Waals surface area contributed by atoms with Crippen molar-refractivity contribution in [3.63, 3.8) is 0 Å². The molecule has 0 saturated carbocycles. The van der Waals surface area contributed by atoms with E-state index in [4.69, 9.17) is 9.47 Å². The van der Waals surface area contributed by atoms with Crippen molar-refractivity contribution in [3.8, 4) is 5.75 Å². The number of hydrogen-bond donors (Lipinski definition) is 1. The molecule has 3 amide bonds.